The number of nitrogens with zero attached hydrogens (tertiary/aromatic N) is 4. The number of benzene rings is 1. The van der Waals surface area contributed by atoms with Gasteiger partial charge in [-0.1, -0.05) is 12.1 Å². The highest BCUT2D eigenvalue weighted by atomic mass is 32.1. The number of hydrogen-bond donors (Lipinski definition) is 2. The summed E-state index contributed by atoms with van der Waals surface area (Å²) in [6.07, 6.45) is 1.65. The van der Waals surface area contributed by atoms with Crippen LogP contribution in [0.25, 0.3) is 10.6 Å². The number of anilines is 1. The van der Waals surface area contributed by atoms with Crippen LogP contribution in [0, 0.1) is 6.92 Å². The van der Waals surface area contributed by atoms with Crippen LogP contribution >= 0.6 is 11.3 Å². The molecular formula is C16H18N6OS. The van der Waals surface area contributed by atoms with Crippen molar-refractivity contribution in [3.05, 3.63) is 47.5 Å². The summed E-state index contributed by atoms with van der Waals surface area (Å²) in [6, 6.07) is 7.35. The van der Waals surface area contributed by atoms with Crippen molar-refractivity contribution in [1.82, 2.24) is 25.1 Å². The van der Waals surface area contributed by atoms with Crippen LogP contribution in [-0.4, -0.2) is 25.8 Å². The number of hydrogen-bond acceptors (Lipinski definition) is 5. The first-order valence-electron chi connectivity index (χ1n) is 7.60. The zero-order valence-corrected chi connectivity index (χ0v) is 14.3. The normalized spacial score (nSPS) is 10.6. The molecule has 0 fully saturated rings. The Bertz CT molecular complexity index is 840. The fourth-order valence-electron chi connectivity index (χ4n) is 2.23. The van der Waals surface area contributed by atoms with Gasteiger partial charge >= 0.3 is 6.03 Å². The quantitative estimate of drug-likeness (QED) is 0.746. The average Bonchev–Trinajstić information content (AvgIpc) is 3.21. The van der Waals surface area contributed by atoms with E-state index in [-0.39, 0.29) is 6.03 Å². The first kappa shape index (κ1) is 16.1. The molecule has 2 aromatic heterocycles. The molecule has 8 heteroatoms. The van der Waals surface area contributed by atoms with E-state index in [0.29, 0.717) is 6.54 Å². The van der Waals surface area contributed by atoms with Crippen LogP contribution in [0.1, 0.15) is 18.4 Å². The maximum atomic E-state index is 12.1. The Morgan fingerprint density at radius 1 is 1.38 bits per heavy atom. The van der Waals surface area contributed by atoms with Crippen LogP contribution in [0.3, 0.4) is 0 Å². The summed E-state index contributed by atoms with van der Waals surface area (Å²) in [5.41, 5.74) is 2.69. The number of aromatic nitrogens is 4. The van der Waals surface area contributed by atoms with Gasteiger partial charge in [-0.25, -0.2) is 9.78 Å². The number of urea groups is 1. The van der Waals surface area contributed by atoms with Gasteiger partial charge in [-0.3, -0.25) is 0 Å². The van der Waals surface area contributed by atoms with Crippen molar-refractivity contribution in [2.45, 2.75) is 26.9 Å². The van der Waals surface area contributed by atoms with E-state index < -0.39 is 0 Å². The largest absolute Gasteiger partial charge is 0.331 e. The van der Waals surface area contributed by atoms with E-state index in [0.717, 1.165) is 34.3 Å². The molecule has 2 N–H and O–H groups in total. The molecule has 0 saturated carbocycles. The van der Waals surface area contributed by atoms with Gasteiger partial charge in [-0.2, -0.15) is 0 Å². The van der Waals surface area contributed by atoms with E-state index in [1.165, 1.54) is 0 Å². The third-order valence-corrected chi connectivity index (χ3v) is 4.44. The third-order valence-electron chi connectivity index (χ3n) is 3.43. The van der Waals surface area contributed by atoms with Crippen molar-refractivity contribution in [1.29, 1.82) is 0 Å². The Kier molecular flexibility index (Phi) is 4.85. The van der Waals surface area contributed by atoms with Crippen LogP contribution in [0.5, 0.6) is 0 Å². The van der Waals surface area contributed by atoms with Crippen molar-refractivity contribution >= 4 is 23.1 Å². The predicted molar refractivity (Wildman–Crippen MR) is 93.8 cm³/mol. The van der Waals surface area contributed by atoms with Gasteiger partial charge in [0.05, 0.1) is 6.54 Å². The lowest BCUT2D eigenvalue weighted by Gasteiger charge is -2.08. The summed E-state index contributed by atoms with van der Waals surface area (Å²) < 4.78 is 1.88. The first-order chi connectivity index (χ1) is 11.7. The van der Waals surface area contributed by atoms with Gasteiger partial charge in [0.2, 0.25) is 0 Å². The lowest BCUT2D eigenvalue weighted by atomic mass is 10.2. The lowest BCUT2D eigenvalue weighted by Crippen LogP contribution is -2.29. The molecule has 24 heavy (non-hydrogen) atoms. The molecule has 0 aliphatic carbocycles. The third kappa shape index (κ3) is 3.77. The second kappa shape index (κ2) is 7.22. The Hall–Kier alpha value is -2.74. The van der Waals surface area contributed by atoms with E-state index in [1.54, 1.807) is 17.7 Å². The number of thiazole rings is 1. The molecule has 0 radical (unpaired) electrons. The molecule has 124 valence electrons. The number of carbonyl (C=O) groups is 1. The molecule has 2 heterocycles. The predicted octanol–water partition coefficient (Wildman–Crippen LogP) is 3.05. The van der Waals surface area contributed by atoms with Crippen molar-refractivity contribution in [3.8, 4) is 10.6 Å². The van der Waals surface area contributed by atoms with Gasteiger partial charge in [0.15, 0.2) is 5.82 Å². The van der Waals surface area contributed by atoms with Gasteiger partial charge in [0, 0.05) is 28.9 Å². The maximum absolute atomic E-state index is 12.1. The van der Waals surface area contributed by atoms with Crippen molar-refractivity contribution < 1.29 is 4.79 Å². The maximum Gasteiger partial charge on any atom is 0.319 e. The van der Waals surface area contributed by atoms with Crippen LogP contribution < -0.4 is 10.6 Å². The van der Waals surface area contributed by atoms with Crippen LogP contribution in [0.2, 0.25) is 0 Å². The van der Waals surface area contributed by atoms with Crippen LogP contribution in [-0.2, 0) is 13.1 Å². The highest BCUT2D eigenvalue weighted by Gasteiger charge is 2.08. The van der Waals surface area contributed by atoms with E-state index in [4.69, 9.17) is 0 Å². The Labute approximate surface area is 143 Å². The zero-order valence-electron chi connectivity index (χ0n) is 13.5. The van der Waals surface area contributed by atoms with Gasteiger partial charge in [-0.15, -0.1) is 21.5 Å². The molecule has 0 aliphatic heterocycles. The number of nitrogens with one attached hydrogen (secondary N) is 2. The molecule has 3 rings (SSSR count). The number of rotatable bonds is 5. The van der Waals surface area contributed by atoms with E-state index >= 15 is 0 Å². The first-order valence-corrected chi connectivity index (χ1v) is 8.47. The van der Waals surface area contributed by atoms with Crippen molar-refractivity contribution in [2.24, 2.45) is 0 Å². The summed E-state index contributed by atoms with van der Waals surface area (Å²) in [6.45, 7) is 5.05. The van der Waals surface area contributed by atoms with Crippen LogP contribution in [0.15, 0.2) is 36.0 Å². The summed E-state index contributed by atoms with van der Waals surface area (Å²) in [5.74, 6) is 0.722. The second-order valence-corrected chi connectivity index (χ2v) is 6.07. The number of amides is 2. The molecule has 0 aliphatic rings. The molecule has 7 nitrogen and oxygen atoms in total. The monoisotopic (exact) mass is 342 g/mol. The fourth-order valence-corrected chi connectivity index (χ4v) is 3.03. The van der Waals surface area contributed by atoms with Gasteiger partial charge in [-0.05, 0) is 26.0 Å². The molecular weight excluding hydrogens is 324 g/mol. The molecule has 0 unspecified atom stereocenters. The number of carbonyl (C=O) groups excluding carboxylic acids is 1. The molecule has 0 saturated heterocycles. The summed E-state index contributed by atoms with van der Waals surface area (Å²) in [7, 11) is 0. The minimum Gasteiger partial charge on any atom is -0.331 e. The molecule has 3 aromatic rings. The van der Waals surface area contributed by atoms with Gasteiger partial charge < -0.3 is 15.2 Å². The Morgan fingerprint density at radius 2 is 2.25 bits per heavy atom. The van der Waals surface area contributed by atoms with E-state index in [2.05, 4.69) is 25.8 Å². The number of aryl methyl sites for hydroxylation is 2. The lowest BCUT2D eigenvalue weighted by molar-refractivity contribution is 0.251. The molecule has 1 aromatic carbocycles. The van der Waals surface area contributed by atoms with Gasteiger partial charge in [0.1, 0.15) is 11.3 Å². The summed E-state index contributed by atoms with van der Waals surface area (Å²) in [5, 5.41) is 16.4. The summed E-state index contributed by atoms with van der Waals surface area (Å²) >= 11 is 1.59. The minimum atomic E-state index is -0.284. The standard InChI is InChI=1S/C16H18N6OS/c1-3-22-10-18-21-14(22)8-17-16(23)20-13-6-4-5-12(7-13)15-19-11(2)9-24-15/h4-7,9-10H,3,8H2,1-2H3,(H2,17,20,23). The average molecular weight is 342 g/mol. The van der Waals surface area contributed by atoms with E-state index in [1.807, 2.05) is 48.1 Å². The Morgan fingerprint density at radius 3 is 3.00 bits per heavy atom. The molecule has 0 bridgehead atoms. The van der Waals surface area contributed by atoms with Crippen molar-refractivity contribution in [3.63, 3.8) is 0 Å². The van der Waals surface area contributed by atoms with Crippen LogP contribution in [0.4, 0.5) is 10.5 Å². The second-order valence-electron chi connectivity index (χ2n) is 5.22. The minimum absolute atomic E-state index is 0.284. The SMILES string of the molecule is CCn1cnnc1CNC(=O)Nc1cccc(-c2nc(C)cs2)c1. The highest BCUT2D eigenvalue weighted by Crippen LogP contribution is 2.25. The zero-order chi connectivity index (χ0) is 16.9. The van der Waals surface area contributed by atoms with Gasteiger partial charge in [0.25, 0.3) is 0 Å². The molecule has 0 spiro atoms. The van der Waals surface area contributed by atoms with E-state index in [9.17, 15) is 4.79 Å². The smallest absolute Gasteiger partial charge is 0.319 e. The summed E-state index contributed by atoms with van der Waals surface area (Å²) in [4.78, 5) is 16.5. The molecule has 0 atom stereocenters. The Balaban J connectivity index is 1.62. The molecule has 2 amide bonds. The highest BCUT2D eigenvalue weighted by molar-refractivity contribution is 7.13. The van der Waals surface area contributed by atoms with Crippen molar-refractivity contribution in [2.75, 3.05) is 5.32 Å². The topological polar surface area (TPSA) is 84.7 Å². The fraction of sp³-hybridized carbons (Fsp3) is 0.250.